The molecular weight excluding hydrogens is 291 g/mol. The van der Waals surface area contributed by atoms with Crippen molar-refractivity contribution in [3.05, 3.63) is 46.6 Å². The summed E-state index contributed by atoms with van der Waals surface area (Å²) in [6, 6.07) is 7.23. The summed E-state index contributed by atoms with van der Waals surface area (Å²) in [5.74, 6) is -0.961. The minimum absolute atomic E-state index is 0.283. The second-order valence-corrected chi connectivity index (χ2v) is 6.63. The Bertz CT molecular complexity index is 683. The highest BCUT2D eigenvalue weighted by Gasteiger charge is 2.22. The number of ether oxygens (including phenoxy) is 1. The molecule has 0 atom stereocenters. The monoisotopic (exact) mass is 306 g/mol. The third-order valence-electron chi connectivity index (χ3n) is 2.61. The Hall–Kier alpha value is -2.01. The van der Waals surface area contributed by atoms with Crippen LogP contribution in [0.25, 0.3) is 10.4 Å². The molecule has 0 bridgehead atoms. The highest BCUT2D eigenvalue weighted by molar-refractivity contribution is 7.17. The molecule has 1 aromatic heterocycles. The predicted molar refractivity (Wildman–Crippen MR) is 80.3 cm³/mol. The van der Waals surface area contributed by atoms with E-state index in [4.69, 9.17) is 4.74 Å². The normalized spacial score (nSPS) is 11.2. The van der Waals surface area contributed by atoms with E-state index in [2.05, 4.69) is 0 Å². The molecule has 3 nitrogen and oxygen atoms in total. The van der Waals surface area contributed by atoms with Gasteiger partial charge in [-0.25, -0.2) is 9.18 Å². The lowest BCUT2D eigenvalue weighted by Gasteiger charge is -2.20. The summed E-state index contributed by atoms with van der Waals surface area (Å²) >= 11 is 1.20. The van der Waals surface area contributed by atoms with Gasteiger partial charge in [-0.3, -0.25) is 4.79 Å². The van der Waals surface area contributed by atoms with Crippen molar-refractivity contribution in [1.29, 1.82) is 0 Å². The van der Waals surface area contributed by atoms with Crippen molar-refractivity contribution in [3.63, 3.8) is 0 Å². The molecule has 2 rings (SSSR count). The Morgan fingerprint density at radius 2 is 1.95 bits per heavy atom. The average Bonchev–Trinajstić information content (AvgIpc) is 2.85. The molecule has 0 saturated carbocycles. The van der Waals surface area contributed by atoms with Gasteiger partial charge in [0, 0.05) is 10.4 Å². The molecule has 0 saturated heterocycles. The molecule has 0 aliphatic rings. The third kappa shape index (κ3) is 3.76. The van der Waals surface area contributed by atoms with E-state index in [1.807, 2.05) is 0 Å². The molecule has 0 unspecified atom stereocenters. The summed E-state index contributed by atoms with van der Waals surface area (Å²) in [5, 5.41) is 0. The summed E-state index contributed by atoms with van der Waals surface area (Å²) in [6.45, 7) is 5.30. The molecule has 0 N–H and O–H groups in total. The Balaban J connectivity index is 2.47. The first-order valence-corrected chi connectivity index (χ1v) is 7.20. The SMILES string of the molecule is CC(C)(C)OC(=O)c1ccc(F)cc1-c1ccc(C=O)s1. The van der Waals surface area contributed by atoms with Crippen molar-refractivity contribution in [2.75, 3.05) is 0 Å². The first-order chi connectivity index (χ1) is 9.80. The van der Waals surface area contributed by atoms with Gasteiger partial charge >= 0.3 is 5.97 Å². The smallest absolute Gasteiger partial charge is 0.339 e. The summed E-state index contributed by atoms with van der Waals surface area (Å²) in [4.78, 5) is 24.2. The summed E-state index contributed by atoms with van der Waals surface area (Å²) in [5.41, 5.74) is 0.0829. The fourth-order valence-corrected chi connectivity index (χ4v) is 2.65. The maximum absolute atomic E-state index is 13.5. The third-order valence-corrected chi connectivity index (χ3v) is 3.65. The maximum atomic E-state index is 13.5. The molecule has 110 valence electrons. The molecule has 0 fully saturated rings. The van der Waals surface area contributed by atoms with Crippen LogP contribution in [0, 0.1) is 5.82 Å². The van der Waals surface area contributed by atoms with Crippen molar-refractivity contribution < 1.29 is 18.7 Å². The number of aldehydes is 1. The van der Waals surface area contributed by atoms with Crippen LogP contribution in [-0.4, -0.2) is 17.9 Å². The van der Waals surface area contributed by atoms with E-state index < -0.39 is 17.4 Å². The number of carbonyl (C=O) groups is 2. The molecule has 2 aromatic rings. The van der Waals surface area contributed by atoms with E-state index in [0.29, 0.717) is 15.3 Å². The summed E-state index contributed by atoms with van der Waals surface area (Å²) in [6.07, 6.45) is 0.723. The average molecular weight is 306 g/mol. The summed E-state index contributed by atoms with van der Waals surface area (Å²) in [7, 11) is 0. The zero-order valence-electron chi connectivity index (χ0n) is 12.0. The van der Waals surface area contributed by atoms with Gasteiger partial charge in [0.05, 0.1) is 10.4 Å². The largest absolute Gasteiger partial charge is 0.456 e. The van der Waals surface area contributed by atoms with E-state index in [1.54, 1.807) is 32.9 Å². The molecule has 0 amide bonds. The van der Waals surface area contributed by atoms with Gasteiger partial charge in [0.1, 0.15) is 11.4 Å². The van der Waals surface area contributed by atoms with E-state index in [9.17, 15) is 14.0 Å². The number of benzene rings is 1. The fourth-order valence-electron chi connectivity index (χ4n) is 1.79. The van der Waals surface area contributed by atoms with Crippen LogP contribution in [-0.2, 0) is 4.74 Å². The lowest BCUT2D eigenvalue weighted by Crippen LogP contribution is -2.24. The van der Waals surface area contributed by atoms with Gasteiger partial charge in [-0.1, -0.05) is 0 Å². The van der Waals surface area contributed by atoms with Gasteiger partial charge in [-0.2, -0.15) is 0 Å². The molecule has 0 radical (unpaired) electrons. The molecule has 5 heteroatoms. The van der Waals surface area contributed by atoms with Crippen LogP contribution in [0.3, 0.4) is 0 Å². The Labute approximate surface area is 126 Å². The predicted octanol–water partition coefficient (Wildman–Crippen LogP) is 4.32. The Morgan fingerprint density at radius 1 is 1.24 bits per heavy atom. The van der Waals surface area contributed by atoms with Crippen molar-refractivity contribution in [2.24, 2.45) is 0 Å². The summed E-state index contributed by atoms with van der Waals surface area (Å²) < 4.78 is 18.8. The van der Waals surface area contributed by atoms with Crippen LogP contribution >= 0.6 is 11.3 Å². The number of carbonyl (C=O) groups excluding carboxylic acids is 2. The zero-order valence-corrected chi connectivity index (χ0v) is 12.8. The molecule has 1 heterocycles. The first-order valence-electron chi connectivity index (χ1n) is 6.38. The van der Waals surface area contributed by atoms with Crippen molar-refractivity contribution in [1.82, 2.24) is 0 Å². The van der Waals surface area contributed by atoms with Crippen molar-refractivity contribution in [2.45, 2.75) is 26.4 Å². The van der Waals surface area contributed by atoms with E-state index in [0.717, 1.165) is 6.29 Å². The Kier molecular flexibility index (Phi) is 4.23. The van der Waals surface area contributed by atoms with E-state index in [1.165, 1.54) is 29.5 Å². The van der Waals surface area contributed by atoms with Gasteiger partial charge in [0.2, 0.25) is 0 Å². The highest BCUT2D eigenvalue weighted by atomic mass is 32.1. The second-order valence-electron chi connectivity index (χ2n) is 5.51. The van der Waals surface area contributed by atoms with Gasteiger partial charge in [0.15, 0.2) is 6.29 Å². The van der Waals surface area contributed by atoms with E-state index >= 15 is 0 Å². The fraction of sp³-hybridized carbons (Fsp3) is 0.250. The van der Waals surface area contributed by atoms with Crippen LogP contribution in [0.5, 0.6) is 0 Å². The number of thiophene rings is 1. The minimum Gasteiger partial charge on any atom is -0.456 e. The molecule has 0 spiro atoms. The molecular formula is C16H15FO3S. The standard InChI is InChI=1S/C16H15FO3S/c1-16(2,3)20-15(19)12-6-4-10(17)8-13(12)14-7-5-11(9-18)21-14/h4-9H,1-3H3. The maximum Gasteiger partial charge on any atom is 0.339 e. The van der Waals surface area contributed by atoms with Crippen LogP contribution in [0.2, 0.25) is 0 Å². The number of esters is 1. The number of hydrogen-bond donors (Lipinski definition) is 0. The van der Waals surface area contributed by atoms with Gasteiger partial charge in [-0.05, 0) is 51.1 Å². The topological polar surface area (TPSA) is 43.4 Å². The van der Waals surface area contributed by atoms with Gasteiger partial charge < -0.3 is 4.74 Å². The molecule has 1 aromatic carbocycles. The number of hydrogen-bond acceptors (Lipinski definition) is 4. The number of rotatable bonds is 3. The number of halogens is 1. The minimum atomic E-state index is -0.633. The lowest BCUT2D eigenvalue weighted by atomic mass is 10.1. The Morgan fingerprint density at radius 3 is 2.52 bits per heavy atom. The van der Waals surface area contributed by atoms with Crippen LogP contribution in [0.1, 0.15) is 40.8 Å². The second kappa shape index (κ2) is 5.77. The van der Waals surface area contributed by atoms with Gasteiger partial charge in [0.25, 0.3) is 0 Å². The zero-order chi connectivity index (χ0) is 15.6. The van der Waals surface area contributed by atoms with Crippen LogP contribution < -0.4 is 0 Å². The lowest BCUT2D eigenvalue weighted by molar-refractivity contribution is 0.00704. The van der Waals surface area contributed by atoms with Crippen molar-refractivity contribution >= 4 is 23.6 Å². The molecule has 0 aliphatic carbocycles. The molecule has 0 aliphatic heterocycles. The van der Waals surface area contributed by atoms with Crippen molar-refractivity contribution in [3.8, 4) is 10.4 Å². The highest BCUT2D eigenvalue weighted by Crippen LogP contribution is 2.32. The first kappa shape index (κ1) is 15.4. The van der Waals surface area contributed by atoms with Crippen LogP contribution in [0.15, 0.2) is 30.3 Å². The van der Waals surface area contributed by atoms with Gasteiger partial charge in [-0.15, -0.1) is 11.3 Å². The quantitative estimate of drug-likeness (QED) is 0.626. The van der Waals surface area contributed by atoms with Crippen LogP contribution in [0.4, 0.5) is 4.39 Å². The molecule has 21 heavy (non-hydrogen) atoms. The van der Waals surface area contributed by atoms with E-state index in [-0.39, 0.29) is 5.56 Å².